The van der Waals surface area contributed by atoms with Crippen molar-refractivity contribution in [3.8, 4) is 5.69 Å². The predicted molar refractivity (Wildman–Crippen MR) is 134 cm³/mol. The van der Waals surface area contributed by atoms with E-state index in [2.05, 4.69) is 0 Å². The van der Waals surface area contributed by atoms with E-state index < -0.39 is 50.7 Å². The molecule has 0 bridgehead atoms. The largest absolute Gasteiger partial charge is 0.441 e. The Bertz CT molecular complexity index is 1520. The van der Waals surface area contributed by atoms with Crippen molar-refractivity contribution in [3.05, 3.63) is 97.6 Å². The first-order chi connectivity index (χ1) is 17.6. The molecule has 0 spiro atoms. The number of esters is 1. The van der Waals surface area contributed by atoms with Gasteiger partial charge in [-0.1, -0.05) is 70.7 Å². The molecule has 0 N–H and O–H groups in total. The first-order valence-electron chi connectivity index (χ1n) is 10.5. The van der Waals surface area contributed by atoms with E-state index in [0.29, 0.717) is 19.1 Å². The predicted octanol–water partition coefficient (Wildman–Crippen LogP) is 9.90. The van der Waals surface area contributed by atoms with Crippen LogP contribution in [0.25, 0.3) is 16.6 Å². The number of hydrogen-bond acceptors (Lipinski definition) is 2. The van der Waals surface area contributed by atoms with Crippen molar-refractivity contribution in [1.82, 2.24) is 4.57 Å². The molecule has 4 rings (SSSR count). The number of carbonyl (C=O) groups is 1. The minimum Gasteiger partial charge on any atom is -0.441 e. The van der Waals surface area contributed by atoms with Gasteiger partial charge in [0.2, 0.25) is 5.60 Å². The molecule has 0 aliphatic rings. The number of halogens is 10. The van der Waals surface area contributed by atoms with E-state index in [4.69, 9.17) is 51.1 Å². The third-order valence-corrected chi connectivity index (χ3v) is 7.02. The molecular formula is C25H13Cl4F6NO2. The Balaban J connectivity index is 1.95. The third-order valence-electron chi connectivity index (χ3n) is 5.82. The van der Waals surface area contributed by atoms with E-state index in [1.54, 1.807) is 0 Å². The van der Waals surface area contributed by atoms with Crippen molar-refractivity contribution in [2.24, 2.45) is 0 Å². The van der Waals surface area contributed by atoms with E-state index in [1.165, 1.54) is 42.5 Å². The number of para-hydroxylation sites is 1. The number of ether oxygens (including phenoxy) is 1. The van der Waals surface area contributed by atoms with Gasteiger partial charge in [0, 0.05) is 17.1 Å². The Morgan fingerprint density at radius 2 is 1.37 bits per heavy atom. The zero-order valence-electron chi connectivity index (χ0n) is 18.8. The fourth-order valence-electron chi connectivity index (χ4n) is 3.90. The smallest absolute Gasteiger partial charge is 0.432 e. The molecule has 0 fully saturated rings. The van der Waals surface area contributed by atoms with Crippen LogP contribution in [0, 0.1) is 0 Å². The van der Waals surface area contributed by atoms with Crippen LogP contribution in [0.5, 0.6) is 0 Å². The average Bonchev–Trinajstić information content (AvgIpc) is 3.17. The molecule has 13 heteroatoms. The van der Waals surface area contributed by atoms with Crippen LogP contribution in [-0.2, 0) is 16.5 Å². The lowest BCUT2D eigenvalue weighted by atomic mass is 9.94. The van der Waals surface area contributed by atoms with Gasteiger partial charge in [-0.15, -0.1) is 0 Å². The van der Waals surface area contributed by atoms with Crippen molar-refractivity contribution >= 4 is 63.3 Å². The van der Waals surface area contributed by atoms with Gasteiger partial charge in [0.15, 0.2) is 0 Å². The highest BCUT2D eigenvalue weighted by molar-refractivity contribution is 6.39. The molecule has 0 aliphatic heterocycles. The van der Waals surface area contributed by atoms with Gasteiger partial charge < -0.3 is 9.30 Å². The minimum atomic E-state index is -5.17. The molecule has 0 saturated heterocycles. The second-order valence-electron chi connectivity index (χ2n) is 8.23. The second-order valence-corrected chi connectivity index (χ2v) is 9.86. The fourth-order valence-corrected chi connectivity index (χ4v) is 5.12. The Labute approximate surface area is 231 Å². The minimum absolute atomic E-state index is 0.0302. The summed E-state index contributed by atoms with van der Waals surface area (Å²) in [4.78, 5) is 12.9. The molecule has 0 aliphatic carbocycles. The third kappa shape index (κ3) is 4.93. The zero-order chi connectivity index (χ0) is 28.2. The summed E-state index contributed by atoms with van der Waals surface area (Å²) in [6.07, 6.45) is -8.97. The van der Waals surface area contributed by atoms with E-state index in [-0.39, 0.29) is 26.6 Å². The maximum Gasteiger partial charge on any atom is 0.432 e. The Morgan fingerprint density at radius 1 is 0.816 bits per heavy atom. The summed E-state index contributed by atoms with van der Waals surface area (Å²) in [5, 5.41) is -1.41. The van der Waals surface area contributed by atoms with Gasteiger partial charge >= 0.3 is 18.3 Å². The van der Waals surface area contributed by atoms with Crippen molar-refractivity contribution in [2.75, 3.05) is 0 Å². The molecular weight excluding hydrogens is 602 g/mol. The molecule has 0 saturated carbocycles. The quantitative estimate of drug-likeness (QED) is 0.169. The normalized spacial score (nSPS) is 14.0. The number of nitrogens with zero attached hydrogens (tertiary/aromatic N) is 1. The molecule has 3 aromatic carbocycles. The second kappa shape index (κ2) is 9.86. The average molecular weight is 615 g/mol. The lowest BCUT2D eigenvalue weighted by Crippen LogP contribution is -2.43. The molecule has 0 amide bonds. The summed E-state index contributed by atoms with van der Waals surface area (Å²) in [5.74, 6) is -1.44. The number of hydrogen-bond donors (Lipinski definition) is 0. The van der Waals surface area contributed by atoms with Crippen LogP contribution in [0.1, 0.15) is 28.4 Å². The van der Waals surface area contributed by atoms with E-state index in [0.717, 1.165) is 10.8 Å². The number of aromatic nitrogens is 1. The highest BCUT2D eigenvalue weighted by Gasteiger charge is 2.57. The molecule has 4 aromatic rings. The SMILES string of the molecule is CC(OC(=O)c1c(Cl)cccc1Cl)(c1cn(-c2c(Cl)cc(C(F)(F)F)cc2Cl)c2ccccc12)C(F)(F)F. The van der Waals surface area contributed by atoms with Gasteiger partial charge in [0.05, 0.1) is 42.4 Å². The lowest BCUT2D eigenvalue weighted by Gasteiger charge is -2.32. The highest BCUT2D eigenvalue weighted by Crippen LogP contribution is 2.48. The summed E-state index contributed by atoms with van der Waals surface area (Å²) >= 11 is 24.3. The molecule has 1 aromatic heterocycles. The fraction of sp³-hybridized carbons (Fsp3) is 0.160. The topological polar surface area (TPSA) is 31.2 Å². The molecule has 3 nitrogen and oxygen atoms in total. The van der Waals surface area contributed by atoms with Crippen molar-refractivity contribution in [1.29, 1.82) is 0 Å². The summed E-state index contributed by atoms with van der Waals surface area (Å²) in [7, 11) is 0. The van der Waals surface area contributed by atoms with Crippen LogP contribution in [0.2, 0.25) is 20.1 Å². The molecule has 38 heavy (non-hydrogen) atoms. The number of carbonyl (C=O) groups excluding carboxylic acids is 1. The molecule has 1 atom stereocenters. The van der Waals surface area contributed by atoms with Gasteiger partial charge in [-0.25, -0.2) is 4.79 Å². The summed E-state index contributed by atoms with van der Waals surface area (Å²) < 4.78 is 89.7. The van der Waals surface area contributed by atoms with Crippen LogP contribution < -0.4 is 0 Å². The Morgan fingerprint density at radius 3 is 1.89 bits per heavy atom. The standard InChI is InChI=1S/C25H13Cl4F6NO2/c1-23(25(33,34)35,38-22(37)20-15(26)6-4-7-16(20)27)14-11-36(19-8-3-2-5-13(14)19)21-17(28)9-12(10-18(21)29)24(30,31)32/h2-11H,1H3. The monoisotopic (exact) mass is 613 g/mol. The number of fused-ring (bicyclic) bond motifs is 1. The maximum absolute atomic E-state index is 14.6. The van der Waals surface area contributed by atoms with Crippen LogP contribution in [0.3, 0.4) is 0 Å². The van der Waals surface area contributed by atoms with Crippen molar-refractivity contribution in [3.63, 3.8) is 0 Å². The van der Waals surface area contributed by atoms with Gasteiger partial charge in [-0.2, -0.15) is 26.3 Å². The van der Waals surface area contributed by atoms with Gasteiger partial charge in [0.25, 0.3) is 0 Å². The van der Waals surface area contributed by atoms with Crippen LogP contribution in [0.4, 0.5) is 26.3 Å². The summed E-state index contributed by atoms with van der Waals surface area (Å²) in [6, 6.07) is 10.8. The first-order valence-corrected chi connectivity index (χ1v) is 12.0. The van der Waals surface area contributed by atoms with Crippen molar-refractivity contribution in [2.45, 2.75) is 24.9 Å². The first kappa shape index (κ1) is 28.4. The Hall–Kier alpha value is -2.59. The van der Waals surface area contributed by atoms with Gasteiger partial charge in [-0.05, 0) is 37.3 Å². The number of alkyl halides is 6. The van der Waals surface area contributed by atoms with Gasteiger partial charge in [0.1, 0.15) is 0 Å². The van der Waals surface area contributed by atoms with Crippen LogP contribution >= 0.6 is 46.4 Å². The number of rotatable bonds is 4. The molecule has 1 unspecified atom stereocenters. The van der Waals surface area contributed by atoms with E-state index in [1.807, 2.05) is 0 Å². The summed E-state index contributed by atoms with van der Waals surface area (Å²) in [6.45, 7) is 0.637. The van der Waals surface area contributed by atoms with Crippen LogP contribution in [0.15, 0.2) is 60.8 Å². The molecule has 1 heterocycles. The highest BCUT2D eigenvalue weighted by atomic mass is 35.5. The van der Waals surface area contributed by atoms with Crippen molar-refractivity contribution < 1.29 is 35.9 Å². The molecule has 200 valence electrons. The van der Waals surface area contributed by atoms with E-state index in [9.17, 15) is 31.1 Å². The van der Waals surface area contributed by atoms with Gasteiger partial charge in [-0.3, -0.25) is 0 Å². The molecule has 0 radical (unpaired) electrons. The summed E-state index contributed by atoms with van der Waals surface area (Å²) in [5.41, 5.74) is -5.50. The number of benzene rings is 3. The maximum atomic E-state index is 14.6. The van der Waals surface area contributed by atoms with E-state index >= 15 is 0 Å². The lowest BCUT2D eigenvalue weighted by molar-refractivity contribution is -0.257. The van der Waals surface area contributed by atoms with Crippen LogP contribution in [-0.4, -0.2) is 16.7 Å². The Kier molecular flexibility index (Phi) is 7.37. The zero-order valence-corrected chi connectivity index (χ0v) is 21.8.